The minimum Gasteiger partial charge on any atom is -0.466 e. The van der Waals surface area contributed by atoms with Crippen molar-refractivity contribution in [1.29, 1.82) is 0 Å². The molecule has 4 heteroatoms. The Kier molecular flexibility index (Phi) is 3.33. The Morgan fingerprint density at radius 3 is 2.53 bits per heavy atom. The lowest BCUT2D eigenvalue weighted by atomic mass is 10.1. The number of rotatable bonds is 4. The molecule has 0 amide bonds. The first kappa shape index (κ1) is 11.9. The largest absolute Gasteiger partial charge is 0.466 e. The molecular weight excluding hydrogens is 216 g/mol. The predicted octanol–water partition coefficient (Wildman–Crippen LogP) is 3.04. The van der Waals surface area contributed by atoms with E-state index < -0.39 is 0 Å². The summed E-state index contributed by atoms with van der Waals surface area (Å²) in [6, 6.07) is 2.29. The molecule has 0 aromatic carbocycles. The average Bonchev–Trinajstić information content (AvgIpc) is 2.81. The van der Waals surface area contributed by atoms with E-state index in [1.54, 1.807) is 6.20 Å². The van der Waals surface area contributed by atoms with Crippen molar-refractivity contribution in [3.63, 3.8) is 0 Å². The van der Waals surface area contributed by atoms with Crippen LogP contribution in [0, 0.1) is 20.8 Å². The van der Waals surface area contributed by atoms with E-state index in [2.05, 4.69) is 23.3 Å². The van der Waals surface area contributed by atoms with Crippen LogP contribution >= 0.6 is 0 Å². The van der Waals surface area contributed by atoms with Crippen LogP contribution in [0.2, 0.25) is 0 Å². The fourth-order valence-electron chi connectivity index (χ4n) is 1.91. The Balaban J connectivity index is 1.97. The first-order valence-electron chi connectivity index (χ1n) is 5.78. The van der Waals surface area contributed by atoms with Gasteiger partial charge < -0.3 is 14.2 Å². The number of aryl methyl sites for hydroxylation is 3. The highest BCUT2D eigenvalue weighted by Gasteiger charge is 2.12. The molecule has 1 N–H and O–H groups in total. The van der Waals surface area contributed by atoms with Gasteiger partial charge in [0.25, 0.3) is 0 Å². The van der Waals surface area contributed by atoms with Gasteiger partial charge in [0, 0.05) is 11.6 Å². The number of oxazole rings is 1. The molecule has 2 rings (SSSR count). The third kappa shape index (κ3) is 2.77. The second-order valence-corrected chi connectivity index (χ2v) is 4.34. The van der Waals surface area contributed by atoms with E-state index in [4.69, 9.17) is 8.83 Å². The molecule has 0 aliphatic rings. The lowest BCUT2D eigenvalue weighted by Crippen LogP contribution is -2.18. The summed E-state index contributed by atoms with van der Waals surface area (Å²) in [6.45, 7) is 8.56. The molecule has 2 aromatic rings. The maximum Gasteiger partial charge on any atom is 0.208 e. The molecule has 0 spiro atoms. The maximum atomic E-state index is 5.51. The van der Waals surface area contributed by atoms with Crippen molar-refractivity contribution in [2.24, 2.45) is 0 Å². The van der Waals surface area contributed by atoms with E-state index >= 15 is 0 Å². The number of hydrogen-bond donors (Lipinski definition) is 1. The smallest absolute Gasteiger partial charge is 0.208 e. The molecule has 0 aliphatic heterocycles. The molecule has 0 unspecified atom stereocenters. The van der Waals surface area contributed by atoms with Gasteiger partial charge in [-0.05, 0) is 33.8 Å². The van der Waals surface area contributed by atoms with Gasteiger partial charge in [0.2, 0.25) is 5.89 Å². The van der Waals surface area contributed by atoms with Gasteiger partial charge in [0.05, 0.1) is 12.7 Å². The second-order valence-electron chi connectivity index (χ2n) is 4.34. The molecule has 0 aliphatic carbocycles. The van der Waals surface area contributed by atoms with Gasteiger partial charge in [-0.25, -0.2) is 4.98 Å². The van der Waals surface area contributed by atoms with Crippen molar-refractivity contribution >= 4 is 0 Å². The molecule has 92 valence electrons. The van der Waals surface area contributed by atoms with Crippen molar-refractivity contribution in [2.75, 3.05) is 0 Å². The standard InChI is InChI=1S/C13H18N2O2/c1-8-5-12(11(4)16-8)10(3)14-7-13-15-6-9(2)17-13/h5-6,10,14H,7H2,1-4H3/t10-/m1/s1. The zero-order chi connectivity index (χ0) is 12.4. The number of nitrogens with one attached hydrogen (secondary N) is 1. The summed E-state index contributed by atoms with van der Waals surface area (Å²) < 4.78 is 10.9. The first-order chi connectivity index (χ1) is 8.06. The van der Waals surface area contributed by atoms with Crippen LogP contribution < -0.4 is 5.32 Å². The van der Waals surface area contributed by atoms with Crippen LogP contribution in [0.3, 0.4) is 0 Å². The molecule has 2 heterocycles. The van der Waals surface area contributed by atoms with Crippen LogP contribution in [0.25, 0.3) is 0 Å². The fourth-order valence-corrected chi connectivity index (χ4v) is 1.91. The summed E-state index contributed by atoms with van der Waals surface area (Å²) in [7, 11) is 0. The molecule has 0 radical (unpaired) electrons. The fraction of sp³-hybridized carbons (Fsp3) is 0.462. The molecule has 2 aromatic heterocycles. The maximum absolute atomic E-state index is 5.51. The molecule has 1 atom stereocenters. The minimum atomic E-state index is 0.222. The zero-order valence-electron chi connectivity index (χ0n) is 10.7. The van der Waals surface area contributed by atoms with E-state index in [0.717, 1.165) is 17.3 Å². The van der Waals surface area contributed by atoms with E-state index in [9.17, 15) is 0 Å². The summed E-state index contributed by atoms with van der Waals surface area (Å²) >= 11 is 0. The molecule has 0 saturated carbocycles. The van der Waals surface area contributed by atoms with E-state index in [-0.39, 0.29) is 6.04 Å². The normalized spacial score (nSPS) is 12.9. The zero-order valence-corrected chi connectivity index (χ0v) is 10.7. The van der Waals surface area contributed by atoms with Crippen molar-refractivity contribution in [3.05, 3.63) is 41.0 Å². The number of furan rings is 1. The average molecular weight is 234 g/mol. The van der Waals surface area contributed by atoms with Gasteiger partial charge in [0.15, 0.2) is 0 Å². The third-order valence-electron chi connectivity index (χ3n) is 2.77. The Morgan fingerprint density at radius 1 is 1.24 bits per heavy atom. The van der Waals surface area contributed by atoms with E-state index in [1.807, 2.05) is 20.8 Å². The molecule has 0 bridgehead atoms. The van der Waals surface area contributed by atoms with Gasteiger partial charge in [-0.1, -0.05) is 0 Å². The molecule has 4 nitrogen and oxygen atoms in total. The highest BCUT2D eigenvalue weighted by Crippen LogP contribution is 2.21. The SMILES string of the molecule is Cc1cnc(CN[C@H](C)c2cc(C)oc2C)o1. The van der Waals surface area contributed by atoms with Crippen LogP contribution in [-0.2, 0) is 6.54 Å². The quantitative estimate of drug-likeness (QED) is 0.883. The predicted molar refractivity (Wildman–Crippen MR) is 64.7 cm³/mol. The van der Waals surface area contributed by atoms with Gasteiger partial charge in [-0.3, -0.25) is 0 Å². The second kappa shape index (κ2) is 4.75. The third-order valence-corrected chi connectivity index (χ3v) is 2.77. The molecular formula is C13H18N2O2. The first-order valence-corrected chi connectivity index (χ1v) is 5.78. The van der Waals surface area contributed by atoms with Crippen LogP contribution in [0.5, 0.6) is 0 Å². The van der Waals surface area contributed by atoms with Gasteiger partial charge >= 0.3 is 0 Å². The molecule has 0 saturated heterocycles. The Labute approximate surface area is 101 Å². The van der Waals surface area contributed by atoms with Crippen molar-refractivity contribution in [2.45, 2.75) is 40.3 Å². The summed E-state index contributed by atoms with van der Waals surface area (Å²) in [5, 5.41) is 3.37. The Bertz CT molecular complexity index is 499. The van der Waals surface area contributed by atoms with Gasteiger partial charge in [-0.2, -0.15) is 0 Å². The van der Waals surface area contributed by atoms with Crippen molar-refractivity contribution in [1.82, 2.24) is 10.3 Å². The van der Waals surface area contributed by atoms with Gasteiger partial charge in [0.1, 0.15) is 17.3 Å². The minimum absolute atomic E-state index is 0.222. The van der Waals surface area contributed by atoms with Crippen LogP contribution in [0.4, 0.5) is 0 Å². The highest BCUT2D eigenvalue weighted by molar-refractivity contribution is 5.23. The highest BCUT2D eigenvalue weighted by atomic mass is 16.4. The Morgan fingerprint density at radius 2 is 2.00 bits per heavy atom. The van der Waals surface area contributed by atoms with Crippen LogP contribution in [0.15, 0.2) is 21.1 Å². The summed E-state index contributed by atoms with van der Waals surface area (Å²) in [5.41, 5.74) is 1.19. The topological polar surface area (TPSA) is 51.2 Å². The number of hydrogen-bond acceptors (Lipinski definition) is 4. The monoisotopic (exact) mass is 234 g/mol. The number of nitrogens with zero attached hydrogens (tertiary/aromatic N) is 1. The molecule has 0 fully saturated rings. The summed E-state index contributed by atoms with van der Waals surface area (Å²) in [6.07, 6.45) is 1.73. The van der Waals surface area contributed by atoms with Gasteiger partial charge in [-0.15, -0.1) is 0 Å². The lowest BCUT2D eigenvalue weighted by Gasteiger charge is -2.11. The summed E-state index contributed by atoms with van der Waals surface area (Å²) in [5.74, 6) is 3.46. The van der Waals surface area contributed by atoms with E-state index in [1.165, 1.54) is 5.56 Å². The Hall–Kier alpha value is -1.55. The van der Waals surface area contributed by atoms with Crippen molar-refractivity contribution in [3.8, 4) is 0 Å². The summed E-state index contributed by atoms with van der Waals surface area (Å²) in [4.78, 5) is 4.16. The molecule has 17 heavy (non-hydrogen) atoms. The van der Waals surface area contributed by atoms with Crippen LogP contribution in [0.1, 0.15) is 41.7 Å². The van der Waals surface area contributed by atoms with Crippen molar-refractivity contribution < 1.29 is 8.83 Å². The number of aromatic nitrogens is 1. The lowest BCUT2D eigenvalue weighted by molar-refractivity contribution is 0.428. The van der Waals surface area contributed by atoms with E-state index in [0.29, 0.717) is 12.4 Å². The van der Waals surface area contributed by atoms with Crippen LogP contribution in [-0.4, -0.2) is 4.98 Å².